The number of nitrogens with zero attached hydrogens (tertiary/aromatic N) is 1. The molecule has 82 valence electrons. The van der Waals surface area contributed by atoms with Crippen molar-refractivity contribution < 1.29 is 0 Å². The Morgan fingerprint density at radius 1 is 1.29 bits per heavy atom. The van der Waals surface area contributed by atoms with Crippen molar-refractivity contribution in [3.63, 3.8) is 0 Å². The van der Waals surface area contributed by atoms with Gasteiger partial charge < -0.3 is 4.90 Å². The van der Waals surface area contributed by atoms with E-state index in [2.05, 4.69) is 25.7 Å². The van der Waals surface area contributed by atoms with Crippen molar-refractivity contribution in [3.8, 4) is 0 Å². The van der Waals surface area contributed by atoms with Gasteiger partial charge in [-0.25, -0.2) is 0 Å². The fourth-order valence-corrected chi connectivity index (χ4v) is 2.09. The summed E-state index contributed by atoms with van der Waals surface area (Å²) in [6, 6.07) is 0. The molecule has 0 radical (unpaired) electrons. The summed E-state index contributed by atoms with van der Waals surface area (Å²) in [6.07, 6.45) is 5.83. The number of rotatable bonds is 2. The lowest BCUT2D eigenvalue weighted by molar-refractivity contribution is 0.312. The maximum Gasteiger partial charge on any atom is 0.0957 e. The Balaban J connectivity index is 2.45. The van der Waals surface area contributed by atoms with Gasteiger partial charge in [0, 0.05) is 19.5 Å². The highest BCUT2D eigenvalue weighted by Gasteiger charge is 2.23. The van der Waals surface area contributed by atoms with Crippen molar-refractivity contribution in [2.45, 2.75) is 52.9 Å². The predicted octanol–water partition coefficient (Wildman–Crippen LogP) is 3.28. The van der Waals surface area contributed by atoms with Crippen molar-refractivity contribution in [1.29, 1.82) is 5.41 Å². The molecule has 0 spiro atoms. The van der Waals surface area contributed by atoms with Gasteiger partial charge in [-0.1, -0.05) is 20.8 Å². The maximum atomic E-state index is 7.94. The van der Waals surface area contributed by atoms with Gasteiger partial charge in [-0.05, 0) is 31.1 Å². The molecule has 1 saturated heterocycles. The molecule has 1 aliphatic rings. The Kier molecular flexibility index (Phi) is 3.97. The van der Waals surface area contributed by atoms with Crippen LogP contribution in [0.5, 0.6) is 0 Å². The second-order valence-corrected chi connectivity index (χ2v) is 5.20. The van der Waals surface area contributed by atoms with E-state index in [1.807, 2.05) is 0 Å². The third-order valence-electron chi connectivity index (χ3n) is 3.21. The Labute approximate surface area is 88.2 Å². The monoisotopic (exact) mass is 196 g/mol. The quantitative estimate of drug-likeness (QED) is 0.532. The Bertz CT molecular complexity index is 196. The molecule has 0 bridgehead atoms. The van der Waals surface area contributed by atoms with Crippen LogP contribution in [-0.2, 0) is 0 Å². The number of likely N-dealkylation sites (tertiary alicyclic amines) is 1. The molecule has 1 heterocycles. The molecule has 1 aliphatic heterocycles. The zero-order chi connectivity index (χ0) is 10.6. The van der Waals surface area contributed by atoms with E-state index in [1.165, 1.54) is 19.3 Å². The van der Waals surface area contributed by atoms with Crippen molar-refractivity contribution >= 4 is 5.84 Å². The van der Waals surface area contributed by atoms with Crippen LogP contribution in [0.25, 0.3) is 0 Å². The van der Waals surface area contributed by atoms with E-state index in [4.69, 9.17) is 5.41 Å². The lowest BCUT2D eigenvalue weighted by Crippen LogP contribution is -2.31. The Morgan fingerprint density at radius 3 is 2.64 bits per heavy atom. The summed E-state index contributed by atoms with van der Waals surface area (Å²) >= 11 is 0. The highest BCUT2D eigenvalue weighted by atomic mass is 15.2. The molecule has 0 aromatic heterocycles. The molecule has 0 aliphatic carbocycles. The van der Waals surface area contributed by atoms with E-state index in [0.29, 0.717) is 5.41 Å². The van der Waals surface area contributed by atoms with Gasteiger partial charge in [0.2, 0.25) is 0 Å². The highest BCUT2D eigenvalue weighted by molar-refractivity contribution is 5.79. The second kappa shape index (κ2) is 4.81. The van der Waals surface area contributed by atoms with E-state index >= 15 is 0 Å². The van der Waals surface area contributed by atoms with Crippen LogP contribution >= 0.6 is 0 Å². The fourth-order valence-electron chi connectivity index (χ4n) is 2.09. The molecule has 1 N–H and O–H groups in total. The van der Waals surface area contributed by atoms with Gasteiger partial charge in [-0.2, -0.15) is 0 Å². The largest absolute Gasteiger partial charge is 0.361 e. The highest BCUT2D eigenvalue weighted by Crippen LogP contribution is 2.29. The van der Waals surface area contributed by atoms with Crippen LogP contribution in [0.4, 0.5) is 0 Å². The molecule has 0 aromatic rings. The van der Waals surface area contributed by atoms with Crippen LogP contribution in [0.2, 0.25) is 0 Å². The predicted molar refractivity (Wildman–Crippen MR) is 61.8 cm³/mol. The zero-order valence-electron chi connectivity index (χ0n) is 9.90. The van der Waals surface area contributed by atoms with Gasteiger partial charge in [0.25, 0.3) is 0 Å². The number of hydrogen-bond donors (Lipinski definition) is 1. The summed E-state index contributed by atoms with van der Waals surface area (Å²) in [5, 5.41) is 7.94. The number of hydrogen-bond acceptors (Lipinski definition) is 1. The zero-order valence-corrected chi connectivity index (χ0v) is 9.90. The normalized spacial score (nSPS) is 21.8. The van der Waals surface area contributed by atoms with Gasteiger partial charge in [0.1, 0.15) is 0 Å². The van der Waals surface area contributed by atoms with Crippen molar-refractivity contribution in [3.05, 3.63) is 0 Å². The molecule has 0 amide bonds. The summed E-state index contributed by atoms with van der Waals surface area (Å²) in [4.78, 5) is 2.28. The first-order valence-electron chi connectivity index (χ1n) is 5.87. The minimum Gasteiger partial charge on any atom is -0.361 e. The van der Waals surface area contributed by atoms with Crippen LogP contribution in [0.1, 0.15) is 52.9 Å². The molecule has 14 heavy (non-hydrogen) atoms. The Hall–Kier alpha value is -0.530. The molecular formula is C12H24N2. The summed E-state index contributed by atoms with van der Waals surface area (Å²) in [5.74, 6) is 0.852. The van der Waals surface area contributed by atoms with Crippen LogP contribution in [0.15, 0.2) is 0 Å². The van der Waals surface area contributed by atoms with Crippen molar-refractivity contribution in [2.75, 3.05) is 13.1 Å². The van der Waals surface area contributed by atoms with Gasteiger partial charge >= 0.3 is 0 Å². The fraction of sp³-hybridized carbons (Fsp3) is 0.917. The maximum absolute atomic E-state index is 7.94. The summed E-state index contributed by atoms with van der Waals surface area (Å²) in [5.41, 5.74) is 0.487. The number of amidine groups is 1. The minimum atomic E-state index is 0.487. The van der Waals surface area contributed by atoms with Gasteiger partial charge in [0.15, 0.2) is 0 Å². The SMILES string of the molecule is CCCC(=N)N1CCCC(C)(C)CC1. The van der Waals surface area contributed by atoms with Crippen LogP contribution in [0, 0.1) is 10.8 Å². The molecule has 0 saturated carbocycles. The third-order valence-corrected chi connectivity index (χ3v) is 3.21. The smallest absolute Gasteiger partial charge is 0.0957 e. The van der Waals surface area contributed by atoms with E-state index in [9.17, 15) is 0 Å². The topological polar surface area (TPSA) is 27.1 Å². The molecule has 2 nitrogen and oxygen atoms in total. The lowest BCUT2D eigenvalue weighted by atomic mass is 9.85. The van der Waals surface area contributed by atoms with Crippen LogP contribution in [-0.4, -0.2) is 23.8 Å². The summed E-state index contributed by atoms with van der Waals surface area (Å²) in [6.45, 7) is 9.03. The van der Waals surface area contributed by atoms with Gasteiger partial charge in [0.05, 0.1) is 5.84 Å². The van der Waals surface area contributed by atoms with E-state index in [1.54, 1.807) is 0 Å². The first kappa shape index (κ1) is 11.5. The molecule has 0 atom stereocenters. The molecule has 0 aromatic carbocycles. The molecule has 0 unspecified atom stereocenters. The molecule has 2 heteroatoms. The molecular weight excluding hydrogens is 172 g/mol. The first-order valence-corrected chi connectivity index (χ1v) is 5.87. The third kappa shape index (κ3) is 3.32. The van der Waals surface area contributed by atoms with Crippen molar-refractivity contribution in [2.24, 2.45) is 5.41 Å². The number of nitrogens with one attached hydrogen (secondary N) is 1. The summed E-state index contributed by atoms with van der Waals surface area (Å²) in [7, 11) is 0. The standard InChI is InChI=1S/C12H24N2/c1-4-6-11(13)14-9-5-7-12(2,3)8-10-14/h13H,4-10H2,1-3H3. The van der Waals surface area contributed by atoms with E-state index in [0.717, 1.165) is 31.8 Å². The molecule has 1 rings (SSSR count). The Morgan fingerprint density at radius 2 is 2.00 bits per heavy atom. The van der Waals surface area contributed by atoms with Crippen LogP contribution < -0.4 is 0 Å². The average Bonchev–Trinajstić information content (AvgIpc) is 2.27. The van der Waals surface area contributed by atoms with Crippen molar-refractivity contribution in [1.82, 2.24) is 4.90 Å². The minimum absolute atomic E-state index is 0.487. The second-order valence-electron chi connectivity index (χ2n) is 5.20. The average molecular weight is 196 g/mol. The summed E-state index contributed by atoms with van der Waals surface area (Å²) < 4.78 is 0. The molecule has 1 fully saturated rings. The van der Waals surface area contributed by atoms with Gasteiger partial charge in [-0.15, -0.1) is 0 Å². The van der Waals surface area contributed by atoms with Gasteiger partial charge in [-0.3, -0.25) is 5.41 Å². The lowest BCUT2D eigenvalue weighted by Gasteiger charge is -2.25. The van der Waals surface area contributed by atoms with E-state index < -0.39 is 0 Å². The van der Waals surface area contributed by atoms with E-state index in [-0.39, 0.29) is 0 Å². The first-order chi connectivity index (χ1) is 6.55. The van der Waals surface area contributed by atoms with Crippen LogP contribution in [0.3, 0.4) is 0 Å².